The first-order valence-electron chi connectivity index (χ1n) is 9.22. The molecule has 0 aromatic heterocycles. The van der Waals surface area contributed by atoms with Crippen LogP contribution in [0.3, 0.4) is 0 Å². The minimum absolute atomic E-state index is 0. The number of hydrogen-bond donors (Lipinski definition) is 2. The van der Waals surface area contributed by atoms with E-state index in [9.17, 15) is 8.78 Å². The van der Waals surface area contributed by atoms with Crippen LogP contribution in [0.5, 0.6) is 5.75 Å². The van der Waals surface area contributed by atoms with E-state index in [1.165, 1.54) is 6.07 Å². The van der Waals surface area contributed by atoms with Gasteiger partial charge < -0.3 is 20.1 Å². The van der Waals surface area contributed by atoms with Crippen LogP contribution in [0.2, 0.25) is 0 Å². The second-order valence-corrected chi connectivity index (χ2v) is 6.17. The number of nitrogens with one attached hydrogen (secondary N) is 2. The predicted molar refractivity (Wildman–Crippen MR) is 122 cm³/mol. The van der Waals surface area contributed by atoms with Crippen LogP contribution in [-0.2, 0) is 17.8 Å². The quantitative estimate of drug-likeness (QED) is 0.226. The van der Waals surface area contributed by atoms with Crippen molar-refractivity contribution in [1.82, 2.24) is 10.6 Å². The van der Waals surface area contributed by atoms with E-state index in [0.717, 1.165) is 29.0 Å². The monoisotopic (exact) mass is 519 g/mol. The molecule has 5 nitrogen and oxygen atoms in total. The van der Waals surface area contributed by atoms with Crippen LogP contribution >= 0.6 is 24.0 Å². The third kappa shape index (κ3) is 8.53. The zero-order chi connectivity index (χ0) is 20.4. The van der Waals surface area contributed by atoms with Gasteiger partial charge in [-0.15, -0.1) is 24.0 Å². The van der Waals surface area contributed by atoms with Gasteiger partial charge in [0.05, 0.1) is 6.61 Å². The number of ether oxygens (including phenoxy) is 2. The predicted octanol–water partition coefficient (Wildman–Crippen LogP) is 4.17. The average Bonchev–Trinajstić information content (AvgIpc) is 2.69. The molecule has 8 heteroatoms. The van der Waals surface area contributed by atoms with Gasteiger partial charge in [-0.05, 0) is 43.7 Å². The number of nitrogens with zero attached hydrogens (tertiary/aromatic N) is 1. The molecular formula is C21H28F2IN3O2. The maximum Gasteiger partial charge on any atom is 0.191 e. The van der Waals surface area contributed by atoms with Gasteiger partial charge in [-0.1, -0.05) is 12.1 Å². The molecule has 29 heavy (non-hydrogen) atoms. The lowest BCUT2D eigenvalue weighted by Crippen LogP contribution is -2.36. The Labute approximate surface area is 187 Å². The smallest absolute Gasteiger partial charge is 0.191 e. The first-order chi connectivity index (χ1) is 13.5. The Bertz CT molecular complexity index is 803. The maximum atomic E-state index is 13.7. The third-order valence-corrected chi connectivity index (χ3v) is 4.04. The van der Waals surface area contributed by atoms with E-state index >= 15 is 0 Å². The van der Waals surface area contributed by atoms with Crippen LogP contribution < -0.4 is 15.4 Å². The molecule has 0 saturated heterocycles. The molecule has 2 N–H and O–H groups in total. The molecule has 0 amide bonds. The van der Waals surface area contributed by atoms with Gasteiger partial charge in [0.1, 0.15) is 24.0 Å². The molecule has 0 heterocycles. The van der Waals surface area contributed by atoms with Gasteiger partial charge in [0.2, 0.25) is 0 Å². The summed E-state index contributed by atoms with van der Waals surface area (Å²) < 4.78 is 38.2. The van der Waals surface area contributed by atoms with E-state index in [2.05, 4.69) is 15.6 Å². The van der Waals surface area contributed by atoms with Crippen molar-refractivity contribution in [3.05, 3.63) is 64.7 Å². The molecule has 0 aliphatic heterocycles. The second-order valence-electron chi connectivity index (χ2n) is 6.17. The molecule has 160 valence electrons. The van der Waals surface area contributed by atoms with Gasteiger partial charge in [-0.3, -0.25) is 4.99 Å². The fourth-order valence-electron chi connectivity index (χ4n) is 2.55. The second kappa shape index (κ2) is 13.3. The largest absolute Gasteiger partial charge is 0.491 e. The highest BCUT2D eigenvalue weighted by Crippen LogP contribution is 2.20. The number of guanidine groups is 1. The fraction of sp³-hybridized carbons (Fsp3) is 0.381. The standard InChI is InChI=1S/C21H27F2N3O2.HI/c1-4-27-9-10-28-20-11-15(2)5-6-16(20)13-25-21(24-3)26-14-17-12-18(22)7-8-19(17)23;/h5-8,11-12H,4,9-10,13-14H2,1-3H3,(H2,24,25,26);1H. The molecule has 0 atom stereocenters. The Kier molecular flexibility index (Phi) is 11.5. The first kappa shape index (κ1) is 25.1. The van der Waals surface area contributed by atoms with E-state index in [4.69, 9.17) is 9.47 Å². The van der Waals surface area contributed by atoms with Crippen LogP contribution in [0.15, 0.2) is 41.4 Å². The number of aliphatic imine (C=N–C) groups is 1. The van der Waals surface area contributed by atoms with E-state index in [1.807, 2.05) is 32.0 Å². The number of hydrogen-bond acceptors (Lipinski definition) is 3. The fourth-order valence-corrected chi connectivity index (χ4v) is 2.55. The molecule has 2 aromatic carbocycles. The number of benzene rings is 2. The Morgan fingerprint density at radius 2 is 1.72 bits per heavy atom. The Balaban J connectivity index is 0.00000420. The summed E-state index contributed by atoms with van der Waals surface area (Å²) in [5.41, 5.74) is 2.29. The zero-order valence-corrected chi connectivity index (χ0v) is 19.3. The molecule has 2 rings (SSSR count). The summed E-state index contributed by atoms with van der Waals surface area (Å²) in [6.45, 7) is 6.18. The van der Waals surface area contributed by atoms with Gasteiger partial charge in [0, 0.05) is 37.9 Å². The van der Waals surface area contributed by atoms with Crippen molar-refractivity contribution in [2.45, 2.75) is 26.9 Å². The van der Waals surface area contributed by atoms with Gasteiger partial charge in [0.15, 0.2) is 5.96 Å². The summed E-state index contributed by atoms with van der Waals surface area (Å²) in [5, 5.41) is 6.15. The van der Waals surface area contributed by atoms with Crippen molar-refractivity contribution >= 4 is 29.9 Å². The lowest BCUT2D eigenvalue weighted by Gasteiger charge is -2.16. The summed E-state index contributed by atoms with van der Waals surface area (Å²) in [5.74, 6) is 0.311. The SMILES string of the molecule is CCOCCOc1cc(C)ccc1CNC(=NC)NCc1cc(F)ccc1F.I. The Morgan fingerprint density at radius 3 is 2.41 bits per heavy atom. The molecule has 0 aliphatic carbocycles. The number of rotatable bonds is 9. The average molecular weight is 519 g/mol. The summed E-state index contributed by atoms with van der Waals surface area (Å²) in [7, 11) is 1.62. The van der Waals surface area contributed by atoms with Crippen molar-refractivity contribution < 1.29 is 18.3 Å². The topological polar surface area (TPSA) is 54.9 Å². The highest BCUT2D eigenvalue weighted by Gasteiger charge is 2.08. The van der Waals surface area contributed by atoms with Crippen molar-refractivity contribution in [1.29, 1.82) is 0 Å². The summed E-state index contributed by atoms with van der Waals surface area (Å²) in [4.78, 5) is 4.12. The highest BCUT2D eigenvalue weighted by atomic mass is 127. The summed E-state index contributed by atoms with van der Waals surface area (Å²) >= 11 is 0. The summed E-state index contributed by atoms with van der Waals surface area (Å²) in [6, 6.07) is 9.33. The third-order valence-electron chi connectivity index (χ3n) is 4.04. The molecule has 0 radical (unpaired) electrons. The Morgan fingerprint density at radius 1 is 1.00 bits per heavy atom. The first-order valence-corrected chi connectivity index (χ1v) is 9.22. The molecule has 0 fully saturated rings. The van der Waals surface area contributed by atoms with Crippen molar-refractivity contribution in [3.8, 4) is 5.75 Å². The van der Waals surface area contributed by atoms with Crippen LogP contribution in [0, 0.1) is 18.6 Å². The van der Waals surface area contributed by atoms with Crippen LogP contribution in [0.4, 0.5) is 8.78 Å². The van der Waals surface area contributed by atoms with Gasteiger partial charge >= 0.3 is 0 Å². The van der Waals surface area contributed by atoms with E-state index < -0.39 is 11.6 Å². The maximum absolute atomic E-state index is 13.7. The molecule has 0 spiro atoms. The van der Waals surface area contributed by atoms with Crippen LogP contribution in [0.1, 0.15) is 23.6 Å². The van der Waals surface area contributed by atoms with Gasteiger partial charge in [-0.2, -0.15) is 0 Å². The molecule has 0 aliphatic rings. The molecule has 0 bridgehead atoms. The van der Waals surface area contributed by atoms with E-state index in [-0.39, 0.29) is 36.1 Å². The summed E-state index contributed by atoms with van der Waals surface area (Å²) in [6.07, 6.45) is 0. The molecule has 0 unspecified atom stereocenters. The minimum atomic E-state index is -0.477. The number of aryl methyl sites for hydroxylation is 1. The van der Waals surface area contributed by atoms with Crippen LogP contribution in [0.25, 0.3) is 0 Å². The number of halogens is 3. The van der Waals surface area contributed by atoms with Crippen LogP contribution in [-0.4, -0.2) is 32.8 Å². The van der Waals surface area contributed by atoms with Crippen molar-refractivity contribution in [2.24, 2.45) is 4.99 Å². The molecular weight excluding hydrogens is 491 g/mol. The van der Waals surface area contributed by atoms with Crippen molar-refractivity contribution in [2.75, 3.05) is 26.9 Å². The molecule has 2 aromatic rings. The van der Waals surface area contributed by atoms with E-state index in [1.54, 1.807) is 7.05 Å². The van der Waals surface area contributed by atoms with Gasteiger partial charge in [-0.25, -0.2) is 8.78 Å². The highest BCUT2D eigenvalue weighted by molar-refractivity contribution is 14.0. The Hall–Kier alpha value is -1.94. The normalized spacial score (nSPS) is 11.0. The molecule has 0 saturated carbocycles. The zero-order valence-electron chi connectivity index (χ0n) is 16.9. The minimum Gasteiger partial charge on any atom is -0.491 e. The lowest BCUT2D eigenvalue weighted by atomic mass is 10.1. The van der Waals surface area contributed by atoms with E-state index in [0.29, 0.717) is 32.3 Å². The lowest BCUT2D eigenvalue weighted by molar-refractivity contribution is 0.110. The van der Waals surface area contributed by atoms with Crippen molar-refractivity contribution in [3.63, 3.8) is 0 Å². The van der Waals surface area contributed by atoms with Gasteiger partial charge in [0.25, 0.3) is 0 Å².